The molecule has 1 radical (unpaired) electrons. The Bertz CT molecular complexity index is 371. The summed E-state index contributed by atoms with van der Waals surface area (Å²) >= 11 is 0. The first-order valence-corrected chi connectivity index (χ1v) is 10.3. The second kappa shape index (κ2) is 10.9. The molecule has 0 aromatic heterocycles. The smallest absolute Gasteiger partial charge is 0.331 e. The monoisotopic (exact) mass is 574 g/mol. The van der Waals surface area contributed by atoms with Gasteiger partial charge >= 0.3 is 58.2 Å². The molecule has 0 spiro atoms. The number of fused-ring (bicyclic) bond motifs is 5. The Morgan fingerprint density at radius 1 is 1.12 bits per heavy atom. The van der Waals surface area contributed by atoms with Crippen molar-refractivity contribution in [1.29, 1.82) is 0 Å². The quantitative estimate of drug-likeness (QED) is 0.386. The van der Waals surface area contributed by atoms with Crippen molar-refractivity contribution in [2.75, 3.05) is 0 Å². The molecule has 0 amide bonds. The van der Waals surface area contributed by atoms with Crippen LogP contribution in [-0.2, 0) is 20.4 Å². The molecule has 0 heterocycles. The number of hydrogen-bond acceptors (Lipinski definition) is 0. The van der Waals surface area contributed by atoms with Crippen molar-refractivity contribution < 1.29 is 78.6 Å². The van der Waals surface area contributed by atoms with Crippen LogP contribution in [0.1, 0.15) is 91.9 Å². The Labute approximate surface area is 214 Å². The third kappa shape index (κ3) is 4.89. The summed E-state index contributed by atoms with van der Waals surface area (Å²) in [4.78, 5) is 0. The van der Waals surface area contributed by atoms with Gasteiger partial charge in [0.2, 0.25) is 0 Å². The summed E-state index contributed by atoms with van der Waals surface area (Å²) in [6.07, 6.45) is 17.5. The van der Waals surface area contributed by atoms with Gasteiger partial charge in [-0.3, -0.25) is 0 Å². The molecule has 4 fully saturated rings. The number of rotatable bonds is 0. The molecule has 24 heavy (non-hydrogen) atoms. The van der Waals surface area contributed by atoms with E-state index in [2.05, 4.69) is 20.3 Å². The van der Waals surface area contributed by atoms with Gasteiger partial charge in [0.15, 0.2) is 0 Å². The van der Waals surface area contributed by atoms with Crippen molar-refractivity contribution in [2.24, 2.45) is 35.0 Å². The molecule has 0 aromatic rings. The SMILES string of the molecule is CC.CC1CC2C3CC[C@@H]4C[CH-]CCC[C-]4C3CCC2(C)C1.[Rb+].[Re]. The van der Waals surface area contributed by atoms with Crippen LogP contribution < -0.4 is 58.2 Å². The third-order valence-electron chi connectivity index (χ3n) is 7.60. The molecule has 4 aliphatic carbocycles. The van der Waals surface area contributed by atoms with E-state index in [1.165, 1.54) is 51.4 Å². The summed E-state index contributed by atoms with van der Waals surface area (Å²) in [7, 11) is 0. The van der Waals surface area contributed by atoms with Gasteiger partial charge in [0, 0.05) is 20.4 Å². The average molecular weight is 574 g/mol. The van der Waals surface area contributed by atoms with E-state index in [4.69, 9.17) is 0 Å². The Balaban J connectivity index is 0.000000695. The van der Waals surface area contributed by atoms with Crippen LogP contribution >= 0.6 is 0 Å². The van der Waals surface area contributed by atoms with E-state index >= 15 is 0 Å². The van der Waals surface area contributed by atoms with Crippen LogP contribution in [0.15, 0.2) is 0 Å². The molecule has 0 aromatic carbocycles. The second-order valence-electron chi connectivity index (χ2n) is 8.88. The molecule has 135 valence electrons. The minimum atomic E-state index is 0. The van der Waals surface area contributed by atoms with Crippen LogP contribution in [-0.4, -0.2) is 0 Å². The first-order valence-electron chi connectivity index (χ1n) is 10.3. The van der Waals surface area contributed by atoms with E-state index in [9.17, 15) is 0 Å². The van der Waals surface area contributed by atoms with Gasteiger partial charge in [-0.25, -0.2) is 6.42 Å². The van der Waals surface area contributed by atoms with Gasteiger partial charge in [-0.2, -0.15) is 24.7 Å². The summed E-state index contributed by atoms with van der Waals surface area (Å²) in [6.45, 7) is 9.15. The Hall–Kier alpha value is 2.47. The fourth-order valence-corrected chi connectivity index (χ4v) is 6.88. The average Bonchev–Trinajstić information content (AvgIpc) is 2.70. The summed E-state index contributed by atoms with van der Waals surface area (Å²) in [5.74, 6) is 7.19. The van der Waals surface area contributed by atoms with E-state index in [0.29, 0.717) is 5.41 Å². The van der Waals surface area contributed by atoms with Crippen LogP contribution in [0.25, 0.3) is 0 Å². The molecular formula is C22H38RbRe-. The van der Waals surface area contributed by atoms with Gasteiger partial charge in [0.05, 0.1) is 0 Å². The van der Waals surface area contributed by atoms with Crippen LogP contribution in [0.2, 0.25) is 0 Å². The molecular weight excluding hydrogens is 536 g/mol. The van der Waals surface area contributed by atoms with Gasteiger partial charge in [0.1, 0.15) is 0 Å². The van der Waals surface area contributed by atoms with Crippen molar-refractivity contribution in [3.8, 4) is 0 Å². The zero-order chi connectivity index (χ0) is 15.7. The fourth-order valence-electron chi connectivity index (χ4n) is 6.88. The number of hydrogen-bond donors (Lipinski definition) is 0. The molecule has 0 saturated heterocycles. The zero-order valence-electron chi connectivity index (χ0n) is 16.9. The molecule has 0 nitrogen and oxygen atoms in total. The minimum absolute atomic E-state index is 0. The summed E-state index contributed by atoms with van der Waals surface area (Å²) in [5, 5.41) is 0. The zero-order valence-corrected chi connectivity index (χ0v) is 24.5. The van der Waals surface area contributed by atoms with Crippen molar-refractivity contribution in [3.63, 3.8) is 0 Å². The maximum Gasteiger partial charge on any atom is 1.00 e. The molecule has 0 N–H and O–H groups in total. The topological polar surface area (TPSA) is 0 Å². The maximum absolute atomic E-state index is 2.63. The van der Waals surface area contributed by atoms with Crippen LogP contribution in [0.5, 0.6) is 0 Å². The van der Waals surface area contributed by atoms with E-state index in [1.807, 2.05) is 19.8 Å². The van der Waals surface area contributed by atoms with Gasteiger partial charge in [-0.15, -0.1) is 6.42 Å². The Morgan fingerprint density at radius 3 is 2.62 bits per heavy atom. The van der Waals surface area contributed by atoms with Crippen LogP contribution in [0.4, 0.5) is 0 Å². The largest absolute Gasteiger partial charge is 1.00 e. The predicted molar refractivity (Wildman–Crippen MR) is 96.3 cm³/mol. The molecule has 4 rings (SSSR count). The van der Waals surface area contributed by atoms with Crippen molar-refractivity contribution in [1.82, 2.24) is 0 Å². The fraction of sp³-hybridized carbons (Fsp3) is 0.909. The molecule has 4 aliphatic rings. The molecule has 5 unspecified atom stereocenters. The summed E-state index contributed by atoms with van der Waals surface area (Å²) < 4.78 is 0. The minimum Gasteiger partial charge on any atom is -0.331 e. The van der Waals surface area contributed by atoms with Crippen molar-refractivity contribution >= 4 is 0 Å². The predicted octanol–water partition coefficient (Wildman–Crippen LogP) is 3.86. The molecule has 0 aliphatic heterocycles. The van der Waals surface area contributed by atoms with Crippen molar-refractivity contribution in [3.05, 3.63) is 12.3 Å². The second-order valence-corrected chi connectivity index (χ2v) is 8.88. The van der Waals surface area contributed by atoms with E-state index in [1.54, 1.807) is 12.8 Å². The maximum atomic E-state index is 2.63. The van der Waals surface area contributed by atoms with Gasteiger partial charge in [-0.05, 0) is 36.5 Å². The molecule has 4 saturated carbocycles. The molecule has 6 atom stereocenters. The van der Waals surface area contributed by atoms with Crippen LogP contribution in [0.3, 0.4) is 0 Å². The van der Waals surface area contributed by atoms with Gasteiger partial charge in [-0.1, -0.05) is 52.9 Å². The normalized spacial score (nSPS) is 44.2. The molecule has 2 heteroatoms. The van der Waals surface area contributed by atoms with Gasteiger partial charge in [0.25, 0.3) is 0 Å². The first-order chi connectivity index (χ1) is 10.7. The van der Waals surface area contributed by atoms with Crippen LogP contribution in [0, 0.1) is 47.3 Å². The molecule has 0 bridgehead atoms. The van der Waals surface area contributed by atoms with Gasteiger partial charge < -0.3 is 12.3 Å². The third-order valence-corrected chi connectivity index (χ3v) is 7.60. The summed E-state index contributed by atoms with van der Waals surface area (Å²) in [5.41, 5.74) is 0.713. The first kappa shape index (κ1) is 24.5. The standard InChI is InChI=1S/C20H32.C2H6.Rb.Re/c1-14-12-19-18-9-8-15-6-4-3-5-7-16(15)17(18)10-11-20(19,2)13-14;1-2;;/h4,14-15,17-19H,3,5-13H2,1-2H3;1-2H3;;/q-2;;+1;/t14?,15-,17?,18?,19?,20?;;;/m0.../s1. The Kier molecular flexibility index (Phi) is 11.1. The Morgan fingerprint density at radius 2 is 1.88 bits per heavy atom. The van der Waals surface area contributed by atoms with E-state index in [-0.39, 0.29) is 78.6 Å². The summed E-state index contributed by atoms with van der Waals surface area (Å²) in [6, 6.07) is 0. The van der Waals surface area contributed by atoms with E-state index in [0.717, 1.165) is 29.6 Å². The van der Waals surface area contributed by atoms with E-state index < -0.39 is 0 Å². The van der Waals surface area contributed by atoms with Crippen molar-refractivity contribution in [2.45, 2.75) is 91.9 Å².